The summed E-state index contributed by atoms with van der Waals surface area (Å²) in [6.45, 7) is -0.158. The first kappa shape index (κ1) is 17.6. The minimum atomic E-state index is -0.482. The predicted molar refractivity (Wildman–Crippen MR) is 101 cm³/mol. The molecule has 0 saturated carbocycles. The van der Waals surface area contributed by atoms with Crippen molar-refractivity contribution in [1.82, 2.24) is 0 Å². The third-order valence-electron chi connectivity index (χ3n) is 3.48. The van der Waals surface area contributed by atoms with Crippen LogP contribution in [0.3, 0.4) is 0 Å². The molecule has 0 atom stereocenters. The summed E-state index contributed by atoms with van der Waals surface area (Å²) in [6, 6.07) is 13.5. The second kappa shape index (κ2) is 8.26. The van der Waals surface area contributed by atoms with Gasteiger partial charge in [-0.1, -0.05) is 12.1 Å². The van der Waals surface area contributed by atoms with Crippen molar-refractivity contribution < 1.29 is 14.5 Å². The molecule has 1 saturated heterocycles. The average Bonchev–Trinajstić information content (AvgIpc) is 3.15. The standard InChI is InChI=1S/C17H16N2O4S2/c20-16(11-23-15-6-4-14(5-7-15)19(21)22)18-13-3-1-2-12(10-13)17-24-8-9-25-17/h1-7,10,17H,8-9,11H2,(H,18,20). The smallest absolute Gasteiger partial charge is 0.269 e. The van der Waals surface area contributed by atoms with Crippen LogP contribution >= 0.6 is 23.5 Å². The number of nitrogens with one attached hydrogen (secondary N) is 1. The zero-order valence-electron chi connectivity index (χ0n) is 13.2. The maximum atomic E-state index is 12.0. The number of hydrogen-bond acceptors (Lipinski definition) is 6. The van der Waals surface area contributed by atoms with E-state index < -0.39 is 4.92 Å². The molecule has 2 aromatic carbocycles. The lowest BCUT2D eigenvalue weighted by Gasteiger charge is -2.11. The molecular formula is C17H16N2O4S2. The highest BCUT2D eigenvalue weighted by Gasteiger charge is 2.18. The quantitative estimate of drug-likeness (QED) is 0.604. The van der Waals surface area contributed by atoms with Crippen molar-refractivity contribution in [1.29, 1.82) is 0 Å². The molecule has 0 aromatic heterocycles. The Morgan fingerprint density at radius 1 is 1.20 bits per heavy atom. The van der Waals surface area contributed by atoms with E-state index in [0.717, 1.165) is 17.2 Å². The number of thioether (sulfide) groups is 2. The molecule has 130 valence electrons. The van der Waals surface area contributed by atoms with E-state index in [1.807, 2.05) is 41.7 Å². The highest BCUT2D eigenvalue weighted by Crippen LogP contribution is 2.45. The van der Waals surface area contributed by atoms with Crippen molar-refractivity contribution in [3.05, 3.63) is 64.2 Å². The molecule has 2 aromatic rings. The summed E-state index contributed by atoms with van der Waals surface area (Å²) in [5, 5.41) is 13.4. The minimum absolute atomic E-state index is 0.0173. The van der Waals surface area contributed by atoms with Crippen LogP contribution in [-0.4, -0.2) is 28.9 Å². The van der Waals surface area contributed by atoms with E-state index in [1.54, 1.807) is 0 Å². The Morgan fingerprint density at radius 3 is 2.60 bits per heavy atom. The molecule has 3 rings (SSSR count). The van der Waals surface area contributed by atoms with Crippen LogP contribution in [-0.2, 0) is 4.79 Å². The first-order chi connectivity index (χ1) is 12.1. The van der Waals surface area contributed by atoms with E-state index in [4.69, 9.17) is 4.74 Å². The van der Waals surface area contributed by atoms with Crippen molar-refractivity contribution in [3.63, 3.8) is 0 Å². The molecule has 1 heterocycles. The maximum absolute atomic E-state index is 12.0. The SMILES string of the molecule is O=C(COc1ccc([N+](=O)[O-])cc1)Nc1cccc(C2SCCS2)c1. The molecule has 1 fully saturated rings. The maximum Gasteiger partial charge on any atom is 0.269 e. The summed E-state index contributed by atoms with van der Waals surface area (Å²) >= 11 is 3.82. The van der Waals surface area contributed by atoms with Crippen LogP contribution in [0.1, 0.15) is 10.1 Å². The number of anilines is 1. The number of rotatable bonds is 6. The Kier molecular flexibility index (Phi) is 5.83. The van der Waals surface area contributed by atoms with Crippen molar-refractivity contribution in [2.24, 2.45) is 0 Å². The van der Waals surface area contributed by atoms with Crippen molar-refractivity contribution in [2.45, 2.75) is 4.58 Å². The van der Waals surface area contributed by atoms with Gasteiger partial charge < -0.3 is 10.1 Å². The molecule has 1 aliphatic rings. The fraction of sp³-hybridized carbons (Fsp3) is 0.235. The summed E-state index contributed by atoms with van der Waals surface area (Å²) < 4.78 is 5.79. The van der Waals surface area contributed by atoms with Gasteiger partial charge >= 0.3 is 0 Å². The van der Waals surface area contributed by atoms with Crippen molar-refractivity contribution in [2.75, 3.05) is 23.4 Å². The second-order valence-corrected chi connectivity index (χ2v) is 8.01. The number of hydrogen-bond donors (Lipinski definition) is 1. The fourth-order valence-corrected chi connectivity index (χ4v) is 5.16. The summed E-state index contributed by atoms with van der Waals surface area (Å²) in [5.41, 5.74) is 1.92. The third-order valence-corrected chi connectivity index (χ3v) is 6.59. The van der Waals surface area contributed by atoms with Crippen molar-refractivity contribution in [3.8, 4) is 5.75 Å². The van der Waals surface area contributed by atoms with Crippen LogP contribution in [0.15, 0.2) is 48.5 Å². The second-order valence-electron chi connectivity index (χ2n) is 5.29. The zero-order valence-corrected chi connectivity index (χ0v) is 14.8. The lowest BCUT2D eigenvalue weighted by molar-refractivity contribution is -0.384. The molecule has 8 heteroatoms. The van der Waals surface area contributed by atoms with Crippen LogP contribution in [0.25, 0.3) is 0 Å². The number of nitro benzene ring substituents is 1. The number of carbonyl (C=O) groups is 1. The monoisotopic (exact) mass is 376 g/mol. The van der Waals surface area contributed by atoms with E-state index in [9.17, 15) is 14.9 Å². The molecule has 0 spiro atoms. The molecule has 0 unspecified atom stereocenters. The Hall–Kier alpha value is -2.19. The Bertz CT molecular complexity index is 761. The first-order valence-electron chi connectivity index (χ1n) is 7.62. The Morgan fingerprint density at radius 2 is 1.92 bits per heavy atom. The third kappa shape index (κ3) is 4.90. The molecule has 0 radical (unpaired) electrons. The van der Waals surface area contributed by atoms with E-state index in [0.29, 0.717) is 10.3 Å². The van der Waals surface area contributed by atoms with Crippen LogP contribution in [0, 0.1) is 10.1 Å². The minimum Gasteiger partial charge on any atom is -0.484 e. The highest BCUT2D eigenvalue weighted by molar-refractivity contribution is 8.19. The van der Waals surface area contributed by atoms with Crippen LogP contribution in [0.4, 0.5) is 11.4 Å². The predicted octanol–water partition coefficient (Wildman–Crippen LogP) is 4.09. The van der Waals surface area contributed by atoms with E-state index in [-0.39, 0.29) is 18.2 Å². The highest BCUT2D eigenvalue weighted by atomic mass is 32.2. The molecular weight excluding hydrogens is 360 g/mol. The number of benzene rings is 2. The van der Waals surface area contributed by atoms with Crippen LogP contribution in [0.2, 0.25) is 0 Å². The lowest BCUT2D eigenvalue weighted by atomic mass is 10.2. The lowest BCUT2D eigenvalue weighted by Crippen LogP contribution is -2.20. The summed E-state index contributed by atoms with van der Waals surface area (Å²) in [6.07, 6.45) is 0. The normalized spacial score (nSPS) is 14.2. The van der Waals surface area contributed by atoms with Gasteiger partial charge in [0.2, 0.25) is 0 Å². The van der Waals surface area contributed by atoms with E-state index in [2.05, 4.69) is 11.4 Å². The number of ether oxygens (including phenoxy) is 1. The van der Waals surface area contributed by atoms with Gasteiger partial charge in [-0.2, -0.15) is 0 Å². The van der Waals surface area contributed by atoms with Gasteiger partial charge in [-0.3, -0.25) is 14.9 Å². The average molecular weight is 376 g/mol. The van der Waals surface area contributed by atoms with Gasteiger partial charge in [0.15, 0.2) is 6.61 Å². The topological polar surface area (TPSA) is 81.5 Å². The number of carbonyl (C=O) groups excluding carboxylic acids is 1. The van der Waals surface area contributed by atoms with Gasteiger partial charge in [-0.05, 0) is 29.8 Å². The fourth-order valence-electron chi connectivity index (χ4n) is 2.32. The van der Waals surface area contributed by atoms with Gasteiger partial charge in [0.1, 0.15) is 5.75 Å². The largest absolute Gasteiger partial charge is 0.484 e. The number of non-ortho nitro benzene ring substituents is 1. The first-order valence-corrected chi connectivity index (χ1v) is 9.72. The van der Waals surface area contributed by atoms with E-state index >= 15 is 0 Å². The van der Waals surface area contributed by atoms with Crippen LogP contribution in [0.5, 0.6) is 5.75 Å². The number of nitro groups is 1. The van der Waals surface area contributed by atoms with Crippen LogP contribution < -0.4 is 10.1 Å². The zero-order chi connectivity index (χ0) is 17.6. The molecule has 1 N–H and O–H groups in total. The molecule has 25 heavy (non-hydrogen) atoms. The Balaban J connectivity index is 1.53. The van der Waals surface area contributed by atoms with E-state index in [1.165, 1.54) is 29.8 Å². The summed E-state index contributed by atoms with van der Waals surface area (Å²) in [5.74, 6) is 2.43. The van der Waals surface area contributed by atoms with Crippen molar-refractivity contribution >= 4 is 40.8 Å². The van der Waals surface area contributed by atoms with Gasteiger partial charge in [0.25, 0.3) is 11.6 Å². The summed E-state index contributed by atoms with van der Waals surface area (Å²) in [7, 11) is 0. The molecule has 1 aliphatic heterocycles. The molecule has 1 amide bonds. The molecule has 0 bridgehead atoms. The number of nitrogens with zero attached hydrogens (tertiary/aromatic N) is 1. The Labute approximate surface area is 153 Å². The van der Waals surface area contributed by atoms with Gasteiger partial charge in [0.05, 0.1) is 9.51 Å². The molecule has 6 nitrogen and oxygen atoms in total. The van der Waals surface area contributed by atoms with Gasteiger partial charge in [-0.25, -0.2) is 0 Å². The molecule has 0 aliphatic carbocycles. The summed E-state index contributed by atoms with van der Waals surface area (Å²) in [4.78, 5) is 22.2. The van der Waals surface area contributed by atoms with Gasteiger partial charge in [-0.15, -0.1) is 23.5 Å². The number of amides is 1. The van der Waals surface area contributed by atoms with Gasteiger partial charge in [0, 0.05) is 29.3 Å².